The van der Waals surface area contributed by atoms with Gasteiger partial charge < -0.3 is 21.4 Å². The van der Waals surface area contributed by atoms with Crippen LogP contribution < -0.4 is 16.4 Å². The maximum absolute atomic E-state index is 10.8. The molecule has 0 aliphatic rings. The molecular formula is C8H11N7O. The van der Waals surface area contributed by atoms with Gasteiger partial charge in [-0.05, 0) is 0 Å². The molecule has 0 unspecified atom stereocenters. The number of carbonyl (C=O) groups excluding carboxylic acids is 1. The minimum absolute atomic E-state index is 0.0462. The SMILES string of the molecule is CN(CC(N)=O)c1nc(N)nc2nc[nH]c12. The average Bonchev–Trinajstić information content (AvgIpc) is 2.62. The summed E-state index contributed by atoms with van der Waals surface area (Å²) in [5.41, 5.74) is 11.7. The summed E-state index contributed by atoms with van der Waals surface area (Å²) >= 11 is 0. The monoisotopic (exact) mass is 221 g/mol. The van der Waals surface area contributed by atoms with Gasteiger partial charge in [-0.1, -0.05) is 0 Å². The maximum Gasteiger partial charge on any atom is 0.236 e. The number of imidazole rings is 1. The Morgan fingerprint density at radius 2 is 2.31 bits per heavy atom. The molecule has 8 heteroatoms. The summed E-state index contributed by atoms with van der Waals surface area (Å²) in [5, 5.41) is 0. The fraction of sp³-hybridized carbons (Fsp3) is 0.250. The van der Waals surface area contributed by atoms with E-state index in [0.717, 1.165) is 0 Å². The molecule has 0 atom stereocenters. The second-order valence-electron chi connectivity index (χ2n) is 3.33. The van der Waals surface area contributed by atoms with Crippen molar-refractivity contribution in [3.63, 3.8) is 0 Å². The molecule has 8 nitrogen and oxygen atoms in total. The topological polar surface area (TPSA) is 127 Å². The number of hydrogen-bond donors (Lipinski definition) is 3. The lowest BCUT2D eigenvalue weighted by Crippen LogP contribution is -2.31. The van der Waals surface area contributed by atoms with Gasteiger partial charge in [-0.2, -0.15) is 9.97 Å². The lowest BCUT2D eigenvalue weighted by molar-refractivity contribution is -0.116. The first-order valence-electron chi connectivity index (χ1n) is 4.54. The van der Waals surface area contributed by atoms with Gasteiger partial charge in [-0.3, -0.25) is 4.79 Å². The Hall–Kier alpha value is -2.38. The van der Waals surface area contributed by atoms with Crippen molar-refractivity contribution in [3.8, 4) is 0 Å². The van der Waals surface area contributed by atoms with Gasteiger partial charge in [0.05, 0.1) is 12.9 Å². The second-order valence-corrected chi connectivity index (χ2v) is 3.33. The molecule has 0 fully saturated rings. The van der Waals surface area contributed by atoms with Crippen LogP contribution in [-0.2, 0) is 4.79 Å². The van der Waals surface area contributed by atoms with Crippen molar-refractivity contribution >= 4 is 28.8 Å². The zero-order valence-electron chi connectivity index (χ0n) is 8.64. The van der Waals surface area contributed by atoms with Crippen molar-refractivity contribution in [1.29, 1.82) is 0 Å². The lowest BCUT2D eigenvalue weighted by Gasteiger charge is -2.16. The van der Waals surface area contributed by atoms with Crippen LogP contribution in [0.25, 0.3) is 11.2 Å². The highest BCUT2D eigenvalue weighted by atomic mass is 16.1. The number of primary amides is 1. The number of amides is 1. The molecule has 0 aliphatic heterocycles. The minimum Gasteiger partial charge on any atom is -0.368 e. The van der Waals surface area contributed by atoms with Gasteiger partial charge in [-0.25, -0.2) is 4.98 Å². The molecule has 2 aromatic heterocycles. The molecule has 0 bridgehead atoms. The Labute approximate surface area is 90.7 Å². The summed E-state index contributed by atoms with van der Waals surface area (Å²) in [6.07, 6.45) is 1.49. The van der Waals surface area contributed by atoms with E-state index in [2.05, 4.69) is 19.9 Å². The smallest absolute Gasteiger partial charge is 0.236 e. The van der Waals surface area contributed by atoms with Gasteiger partial charge in [0.15, 0.2) is 11.5 Å². The number of nitrogens with one attached hydrogen (secondary N) is 1. The van der Waals surface area contributed by atoms with E-state index in [-0.39, 0.29) is 12.5 Å². The first kappa shape index (κ1) is 10.1. The Bertz CT molecular complexity index is 534. The number of nitrogens with zero attached hydrogens (tertiary/aromatic N) is 4. The third-order valence-corrected chi connectivity index (χ3v) is 2.04. The van der Waals surface area contributed by atoms with E-state index in [1.807, 2.05) is 0 Å². The predicted molar refractivity (Wildman–Crippen MR) is 58.6 cm³/mol. The van der Waals surface area contributed by atoms with E-state index in [0.29, 0.717) is 17.0 Å². The summed E-state index contributed by atoms with van der Waals surface area (Å²) in [6, 6.07) is 0. The highest BCUT2D eigenvalue weighted by Gasteiger charge is 2.13. The predicted octanol–water partition coefficient (Wildman–Crippen LogP) is -1.14. The Morgan fingerprint density at radius 3 is 3.00 bits per heavy atom. The Kier molecular flexibility index (Phi) is 2.31. The summed E-state index contributed by atoms with van der Waals surface area (Å²) < 4.78 is 0. The van der Waals surface area contributed by atoms with Crippen LogP contribution in [0.4, 0.5) is 11.8 Å². The summed E-state index contributed by atoms with van der Waals surface area (Å²) in [7, 11) is 1.69. The fourth-order valence-corrected chi connectivity index (χ4v) is 1.42. The van der Waals surface area contributed by atoms with Crippen molar-refractivity contribution in [3.05, 3.63) is 6.33 Å². The van der Waals surface area contributed by atoms with Crippen molar-refractivity contribution in [1.82, 2.24) is 19.9 Å². The number of H-pyrrole nitrogens is 1. The largest absolute Gasteiger partial charge is 0.368 e. The maximum atomic E-state index is 10.8. The van der Waals surface area contributed by atoms with Crippen molar-refractivity contribution in [2.45, 2.75) is 0 Å². The first-order valence-corrected chi connectivity index (χ1v) is 4.54. The minimum atomic E-state index is -0.452. The average molecular weight is 221 g/mol. The van der Waals surface area contributed by atoms with Gasteiger partial charge in [0.1, 0.15) is 5.52 Å². The standard InChI is InChI=1S/C8H11N7O/c1-15(2-4(9)16)7-5-6(12-3-11-5)13-8(10)14-7/h3H,2H2,1H3,(H2,9,16)(H3,10,11,12,13,14). The van der Waals surface area contributed by atoms with Gasteiger partial charge in [0.25, 0.3) is 0 Å². The zero-order chi connectivity index (χ0) is 11.7. The third-order valence-electron chi connectivity index (χ3n) is 2.04. The molecule has 0 aliphatic carbocycles. The molecule has 1 amide bonds. The van der Waals surface area contributed by atoms with Crippen LogP contribution in [0.2, 0.25) is 0 Å². The molecule has 2 aromatic rings. The van der Waals surface area contributed by atoms with Crippen LogP contribution in [-0.4, -0.2) is 39.4 Å². The number of fused-ring (bicyclic) bond motifs is 1. The number of rotatable bonds is 3. The quantitative estimate of drug-likeness (QED) is 0.601. The number of anilines is 2. The van der Waals surface area contributed by atoms with Gasteiger partial charge in [-0.15, -0.1) is 0 Å². The number of likely N-dealkylation sites (N-methyl/N-ethyl adjacent to an activating group) is 1. The summed E-state index contributed by atoms with van der Waals surface area (Å²) in [6.45, 7) is 0.0462. The van der Waals surface area contributed by atoms with Crippen LogP contribution in [0.1, 0.15) is 0 Å². The van der Waals surface area contributed by atoms with E-state index < -0.39 is 5.91 Å². The Balaban J connectivity index is 2.49. The van der Waals surface area contributed by atoms with Crippen LogP contribution >= 0.6 is 0 Å². The van der Waals surface area contributed by atoms with Crippen LogP contribution in [0.15, 0.2) is 6.33 Å². The summed E-state index contributed by atoms with van der Waals surface area (Å²) in [4.78, 5) is 27.2. The molecule has 2 rings (SSSR count). The van der Waals surface area contributed by atoms with E-state index in [1.165, 1.54) is 6.33 Å². The van der Waals surface area contributed by atoms with Crippen LogP contribution in [0.5, 0.6) is 0 Å². The fourth-order valence-electron chi connectivity index (χ4n) is 1.42. The number of carbonyl (C=O) groups is 1. The van der Waals surface area contributed by atoms with Crippen molar-refractivity contribution < 1.29 is 4.79 Å². The molecule has 0 saturated carbocycles. The Morgan fingerprint density at radius 1 is 1.56 bits per heavy atom. The van der Waals surface area contributed by atoms with Crippen LogP contribution in [0.3, 0.4) is 0 Å². The normalized spacial score (nSPS) is 10.6. The molecule has 0 saturated heterocycles. The van der Waals surface area contributed by atoms with Crippen molar-refractivity contribution in [2.75, 3.05) is 24.2 Å². The first-order chi connectivity index (χ1) is 7.58. The molecule has 2 heterocycles. The zero-order valence-corrected chi connectivity index (χ0v) is 8.64. The number of aromatic amines is 1. The molecule has 5 N–H and O–H groups in total. The molecule has 0 spiro atoms. The number of aromatic nitrogens is 4. The number of hydrogen-bond acceptors (Lipinski definition) is 6. The second kappa shape index (κ2) is 3.65. The third kappa shape index (κ3) is 1.72. The van der Waals surface area contributed by atoms with E-state index in [4.69, 9.17) is 11.5 Å². The van der Waals surface area contributed by atoms with Gasteiger partial charge >= 0.3 is 0 Å². The van der Waals surface area contributed by atoms with Crippen LogP contribution in [0, 0.1) is 0 Å². The van der Waals surface area contributed by atoms with E-state index in [1.54, 1.807) is 11.9 Å². The van der Waals surface area contributed by atoms with Gasteiger partial charge in [0.2, 0.25) is 11.9 Å². The highest BCUT2D eigenvalue weighted by molar-refractivity contribution is 5.87. The highest BCUT2D eigenvalue weighted by Crippen LogP contribution is 2.20. The molecule has 16 heavy (non-hydrogen) atoms. The van der Waals surface area contributed by atoms with Crippen molar-refractivity contribution in [2.24, 2.45) is 5.73 Å². The molecule has 0 radical (unpaired) electrons. The lowest BCUT2D eigenvalue weighted by atomic mass is 10.4. The van der Waals surface area contributed by atoms with Gasteiger partial charge in [0, 0.05) is 7.05 Å². The molecule has 0 aromatic carbocycles. The van der Waals surface area contributed by atoms with E-state index in [9.17, 15) is 4.79 Å². The number of nitrogens with two attached hydrogens (primary N) is 2. The summed E-state index contributed by atoms with van der Waals surface area (Å²) in [5.74, 6) is 0.150. The molecule has 84 valence electrons. The van der Waals surface area contributed by atoms with E-state index >= 15 is 0 Å². The molecular weight excluding hydrogens is 210 g/mol. The number of nitrogen functional groups attached to an aromatic ring is 1.